The molecule has 2 nitrogen and oxygen atoms in total. The van der Waals surface area contributed by atoms with Gasteiger partial charge in [0.1, 0.15) is 11.6 Å². The summed E-state index contributed by atoms with van der Waals surface area (Å²) in [6.45, 7) is 0. The van der Waals surface area contributed by atoms with E-state index in [0.29, 0.717) is 5.56 Å². The lowest BCUT2D eigenvalue weighted by atomic mass is 9.99. The lowest BCUT2D eigenvalue weighted by Gasteiger charge is -2.19. The Morgan fingerprint density at radius 3 is 2.32 bits per heavy atom. The Morgan fingerprint density at radius 2 is 1.74 bits per heavy atom. The van der Waals surface area contributed by atoms with Crippen LogP contribution in [0.3, 0.4) is 0 Å². The Balaban J connectivity index is 2.52. The number of rotatable bonds is 3. The molecule has 0 saturated carbocycles. The van der Waals surface area contributed by atoms with E-state index in [1.54, 1.807) is 0 Å². The third kappa shape index (κ3) is 3.50. The van der Waals surface area contributed by atoms with Crippen LogP contribution in [0.2, 0.25) is 0 Å². The normalized spacial score (nSPS) is 12.5. The molecule has 2 aromatic rings. The van der Waals surface area contributed by atoms with Crippen molar-refractivity contribution in [3.8, 4) is 0 Å². The number of halogens is 4. The molecule has 1 unspecified atom stereocenters. The van der Waals surface area contributed by atoms with Gasteiger partial charge in [-0.2, -0.15) is 0 Å². The van der Waals surface area contributed by atoms with Crippen molar-refractivity contribution in [3.63, 3.8) is 0 Å². The summed E-state index contributed by atoms with van der Waals surface area (Å²) in [4.78, 5) is 0. The molecule has 6 heteroatoms. The Kier molecular flexibility index (Phi) is 4.88. The molecule has 0 aliphatic carbocycles. The first-order valence-corrected chi connectivity index (χ1v) is 7.25. The molecule has 0 aliphatic heterocycles. The number of benzene rings is 2. The van der Waals surface area contributed by atoms with Crippen molar-refractivity contribution < 1.29 is 8.78 Å². The van der Waals surface area contributed by atoms with Gasteiger partial charge < -0.3 is 0 Å². The Hall–Kier alpha value is -0.570. The minimum Gasteiger partial charge on any atom is -0.271 e. The van der Waals surface area contributed by atoms with Crippen molar-refractivity contribution in [2.75, 3.05) is 0 Å². The summed E-state index contributed by atoms with van der Waals surface area (Å²) in [7, 11) is 0. The van der Waals surface area contributed by atoms with E-state index in [-0.39, 0.29) is 0 Å². The molecule has 2 aromatic carbocycles. The van der Waals surface area contributed by atoms with Gasteiger partial charge in [-0.3, -0.25) is 5.84 Å². The van der Waals surface area contributed by atoms with Gasteiger partial charge in [-0.25, -0.2) is 14.2 Å². The largest absolute Gasteiger partial charge is 0.271 e. The fraction of sp³-hybridized carbons (Fsp3) is 0.0769. The maximum absolute atomic E-state index is 13.3. The third-order valence-electron chi connectivity index (χ3n) is 2.65. The van der Waals surface area contributed by atoms with E-state index < -0.39 is 17.7 Å². The monoisotopic (exact) mass is 438 g/mol. The fourth-order valence-corrected chi connectivity index (χ4v) is 2.83. The summed E-state index contributed by atoms with van der Waals surface area (Å²) in [5.74, 6) is 4.28. The van der Waals surface area contributed by atoms with Crippen molar-refractivity contribution in [2.45, 2.75) is 6.04 Å². The molecule has 0 amide bonds. The smallest absolute Gasteiger partial charge is 0.126 e. The van der Waals surface area contributed by atoms with Crippen LogP contribution in [0, 0.1) is 15.2 Å². The molecule has 0 radical (unpaired) electrons. The second-order valence-electron chi connectivity index (χ2n) is 3.97. The van der Waals surface area contributed by atoms with Gasteiger partial charge in [0.25, 0.3) is 0 Å². The maximum Gasteiger partial charge on any atom is 0.126 e. The molecule has 0 aliphatic rings. The molecule has 3 N–H and O–H groups in total. The van der Waals surface area contributed by atoms with Crippen molar-refractivity contribution in [3.05, 3.63) is 67.2 Å². The van der Waals surface area contributed by atoms with Crippen molar-refractivity contribution in [1.82, 2.24) is 5.43 Å². The highest BCUT2D eigenvalue weighted by atomic mass is 127. The molecule has 0 fully saturated rings. The summed E-state index contributed by atoms with van der Waals surface area (Å²) in [6, 6.07) is 8.57. The molecule has 0 saturated heterocycles. The van der Waals surface area contributed by atoms with Crippen LogP contribution in [0.25, 0.3) is 0 Å². The van der Waals surface area contributed by atoms with E-state index in [1.807, 2.05) is 18.2 Å². The van der Waals surface area contributed by atoms with Crippen molar-refractivity contribution in [1.29, 1.82) is 0 Å². The Bertz CT molecular complexity index is 587. The minimum atomic E-state index is -0.628. The van der Waals surface area contributed by atoms with Crippen LogP contribution in [0.5, 0.6) is 0 Å². The highest BCUT2D eigenvalue weighted by Crippen LogP contribution is 2.30. The summed E-state index contributed by atoms with van der Waals surface area (Å²) >= 11 is 5.59. The number of hydrogen-bond donors (Lipinski definition) is 2. The van der Waals surface area contributed by atoms with Crippen LogP contribution in [-0.4, -0.2) is 0 Å². The average Bonchev–Trinajstić information content (AvgIpc) is 2.33. The maximum atomic E-state index is 13.3. The average molecular weight is 439 g/mol. The van der Waals surface area contributed by atoms with Crippen molar-refractivity contribution >= 4 is 38.5 Å². The van der Waals surface area contributed by atoms with Crippen molar-refractivity contribution in [2.24, 2.45) is 5.84 Å². The van der Waals surface area contributed by atoms with Gasteiger partial charge in [-0.05, 0) is 64.0 Å². The van der Waals surface area contributed by atoms with Crippen LogP contribution in [0.1, 0.15) is 17.2 Å². The summed E-state index contributed by atoms with van der Waals surface area (Å²) in [5, 5.41) is 0. The Morgan fingerprint density at radius 1 is 1.11 bits per heavy atom. The van der Waals surface area contributed by atoms with E-state index in [2.05, 4.69) is 43.9 Å². The first kappa shape index (κ1) is 14.8. The topological polar surface area (TPSA) is 38.0 Å². The first-order valence-electron chi connectivity index (χ1n) is 5.38. The molecule has 0 bridgehead atoms. The minimum absolute atomic E-state index is 0.433. The number of hydrogen-bond acceptors (Lipinski definition) is 2. The third-order valence-corrected chi connectivity index (χ3v) is 4.05. The second kappa shape index (κ2) is 6.25. The van der Waals surface area contributed by atoms with Gasteiger partial charge in [0.15, 0.2) is 0 Å². The van der Waals surface area contributed by atoms with Crippen LogP contribution in [0.4, 0.5) is 8.78 Å². The molecule has 0 aromatic heterocycles. The SMILES string of the molecule is NNC(c1cc(F)cc(F)c1)c1cc(I)ccc1Br. The molecule has 1 atom stereocenters. The predicted octanol–water partition coefficient (Wildman–Crippen LogP) is 3.88. The van der Waals surface area contributed by atoms with Gasteiger partial charge in [-0.1, -0.05) is 15.9 Å². The molecule has 0 spiro atoms. The zero-order chi connectivity index (χ0) is 14.0. The number of nitrogens with one attached hydrogen (secondary N) is 1. The van der Waals surface area contributed by atoms with E-state index in [4.69, 9.17) is 5.84 Å². The quantitative estimate of drug-likeness (QED) is 0.433. The van der Waals surface area contributed by atoms with E-state index in [9.17, 15) is 8.78 Å². The summed E-state index contributed by atoms with van der Waals surface area (Å²) in [6.07, 6.45) is 0. The first-order chi connectivity index (χ1) is 9.01. The highest BCUT2D eigenvalue weighted by molar-refractivity contribution is 14.1. The zero-order valence-electron chi connectivity index (χ0n) is 9.63. The lowest BCUT2D eigenvalue weighted by molar-refractivity contribution is 0.565. The van der Waals surface area contributed by atoms with E-state index in [0.717, 1.165) is 19.7 Å². The van der Waals surface area contributed by atoms with Crippen LogP contribution >= 0.6 is 38.5 Å². The molecular formula is C13H10BrF2IN2. The van der Waals surface area contributed by atoms with E-state index >= 15 is 0 Å². The number of nitrogens with two attached hydrogens (primary N) is 1. The molecule has 19 heavy (non-hydrogen) atoms. The lowest BCUT2D eigenvalue weighted by Crippen LogP contribution is -2.29. The Labute approximate surface area is 131 Å². The standard InChI is InChI=1S/C13H10BrF2IN2/c14-12-2-1-10(17)6-11(12)13(19-18)7-3-8(15)5-9(16)4-7/h1-6,13,19H,18H2. The second-order valence-corrected chi connectivity index (χ2v) is 6.07. The van der Waals surface area contributed by atoms with Gasteiger partial charge in [0.05, 0.1) is 6.04 Å². The van der Waals surface area contributed by atoms with Gasteiger partial charge in [-0.15, -0.1) is 0 Å². The molecule has 0 heterocycles. The molecule has 100 valence electrons. The highest BCUT2D eigenvalue weighted by Gasteiger charge is 2.17. The molecular weight excluding hydrogens is 429 g/mol. The molecule has 2 rings (SSSR count). The van der Waals surface area contributed by atoms with Crippen LogP contribution in [-0.2, 0) is 0 Å². The number of hydrazine groups is 1. The zero-order valence-corrected chi connectivity index (χ0v) is 13.4. The van der Waals surface area contributed by atoms with Gasteiger partial charge in [0, 0.05) is 14.1 Å². The van der Waals surface area contributed by atoms with Crippen LogP contribution in [0.15, 0.2) is 40.9 Å². The summed E-state index contributed by atoms with van der Waals surface area (Å²) < 4.78 is 28.4. The predicted molar refractivity (Wildman–Crippen MR) is 82.4 cm³/mol. The van der Waals surface area contributed by atoms with Gasteiger partial charge >= 0.3 is 0 Å². The van der Waals surface area contributed by atoms with Gasteiger partial charge in [0.2, 0.25) is 0 Å². The summed E-state index contributed by atoms with van der Waals surface area (Å²) in [5.41, 5.74) is 3.84. The van der Waals surface area contributed by atoms with Crippen LogP contribution < -0.4 is 11.3 Å². The fourth-order valence-electron chi connectivity index (χ4n) is 1.84. The van der Waals surface area contributed by atoms with E-state index in [1.165, 1.54) is 12.1 Å².